The van der Waals surface area contributed by atoms with E-state index >= 15 is 0 Å². The summed E-state index contributed by atoms with van der Waals surface area (Å²) in [6.45, 7) is 0. The first kappa shape index (κ1) is 17.3. The molecule has 0 spiro atoms. The molecular weight excluding hydrogens is 367 g/mol. The van der Waals surface area contributed by atoms with Gasteiger partial charge in [-0.1, -0.05) is 23.2 Å². The summed E-state index contributed by atoms with van der Waals surface area (Å²) in [5.74, 6) is -1.43. The summed E-state index contributed by atoms with van der Waals surface area (Å²) in [5, 5.41) is 9.63. The van der Waals surface area contributed by atoms with Gasteiger partial charge in [0, 0.05) is 11.2 Å². The highest BCUT2D eigenvalue weighted by Crippen LogP contribution is 2.34. The highest BCUT2D eigenvalue weighted by Gasteiger charge is 2.22. The van der Waals surface area contributed by atoms with Crippen LogP contribution in [0.15, 0.2) is 35.4 Å². The third kappa shape index (κ3) is 3.84. The van der Waals surface area contributed by atoms with E-state index in [1.165, 1.54) is 31.5 Å². The SMILES string of the molecule is COC(=O)c1ccnc(NS(=O)(=O)c2cc(Cl)cc(Cl)c2O)c1. The average Bonchev–Trinajstić information content (AvgIpc) is 2.49. The number of carbonyl (C=O) groups excluding carboxylic acids is 1. The number of rotatable bonds is 4. The van der Waals surface area contributed by atoms with Gasteiger partial charge in [0.25, 0.3) is 10.0 Å². The van der Waals surface area contributed by atoms with Crippen LogP contribution in [0.3, 0.4) is 0 Å². The van der Waals surface area contributed by atoms with Gasteiger partial charge in [-0.2, -0.15) is 0 Å². The number of anilines is 1. The van der Waals surface area contributed by atoms with Crippen molar-refractivity contribution in [2.24, 2.45) is 0 Å². The Bertz CT molecular complexity index is 871. The molecule has 10 heteroatoms. The Morgan fingerprint density at radius 1 is 1.30 bits per heavy atom. The minimum absolute atomic E-state index is 0.0319. The lowest BCUT2D eigenvalue weighted by atomic mass is 10.3. The summed E-state index contributed by atoms with van der Waals surface area (Å²) in [6, 6.07) is 4.78. The number of phenols is 1. The van der Waals surface area contributed by atoms with Crippen LogP contribution >= 0.6 is 23.2 Å². The Hall–Kier alpha value is -2.03. The molecule has 7 nitrogen and oxygen atoms in total. The number of nitrogens with one attached hydrogen (secondary N) is 1. The molecule has 0 bridgehead atoms. The Kier molecular flexibility index (Phi) is 4.98. The maximum atomic E-state index is 12.3. The van der Waals surface area contributed by atoms with Crippen molar-refractivity contribution in [3.05, 3.63) is 46.1 Å². The number of aromatic nitrogens is 1. The molecule has 0 unspecified atom stereocenters. The fourth-order valence-corrected chi connectivity index (χ4v) is 3.43. The third-order valence-electron chi connectivity index (χ3n) is 2.70. The first-order chi connectivity index (χ1) is 10.7. The Morgan fingerprint density at radius 2 is 2.00 bits per heavy atom. The van der Waals surface area contributed by atoms with Gasteiger partial charge in [0.2, 0.25) is 0 Å². The van der Waals surface area contributed by atoms with Gasteiger partial charge < -0.3 is 9.84 Å². The number of phenolic OH excluding ortho intramolecular Hbond substituents is 1. The number of ether oxygens (including phenoxy) is 1. The Morgan fingerprint density at radius 3 is 2.65 bits per heavy atom. The number of hydrogen-bond donors (Lipinski definition) is 2. The average molecular weight is 377 g/mol. The number of sulfonamides is 1. The molecule has 23 heavy (non-hydrogen) atoms. The standard InChI is InChI=1S/C13H10Cl2N2O5S/c1-22-13(19)7-2-3-16-11(4-7)17-23(20,21)10-6-8(14)5-9(15)12(10)18/h2-6,18H,1H3,(H,16,17). The highest BCUT2D eigenvalue weighted by molar-refractivity contribution is 7.92. The predicted molar refractivity (Wildman–Crippen MR) is 84.5 cm³/mol. The molecule has 0 aliphatic heterocycles. The van der Waals surface area contributed by atoms with Crippen LogP contribution in [0.25, 0.3) is 0 Å². The van der Waals surface area contributed by atoms with Crippen molar-refractivity contribution < 1.29 is 23.1 Å². The summed E-state index contributed by atoms with van der Waals surface area (Å²) < 4.78 is 31.3. The second-order valence-electron chi connectivity index (χ2n) is 4.26. The summed E-state index contributed by atoms with van der Waals surface area (Å²) >= 11 is 11.5. The molecule has 1 heterocycles. The van der Waals surface area contributed by atoms with Crippen LogP contribution < -0.4 is 4.72 Å². The van der Waals surface area contributed by atoms with Crippen molar-refractivity contribution in [3.63, 3.8) is 0 Å². The molecular formula is C13H10Cl2N2O5S. The number of pyridine rings is 1. The van der Waals surface area contributed by atoms with Crippen LogP contribution in [0.2, 0.25) is 10.0 Å². The Balaban J connectivity index is 2.42. The Labute approximate surface area is 141 Å². The van der Waals surface area contributed by atoms with Gasteiger partial charge in [-0.15, -0.1) is 0 Å². The van der Waals surface area contributed by atoms with Crippen LogP contribution in [0.4, 0.5) is 5.82 Å². The number of halogens is 2. The first-order valence-electron chi connectivity index (χ1n) is 6.00. The van der Waals surface area contributed by atoms with Gasteiger partial charge >= 0.3 is 5.97 Å². The molecule has 2 aromatic rings. The lowest BCUT2D eigenvalue weighted by Gasteiger charge is -2.10. The van der Waals surface area contributed by atoms with Crippen molar-refractivity contribution in [1.82, 2.24) is 4.98 Å². The van der Waals surface area contributed by atoms with Crippen LogP contribution in [-0.4, -0.2) is 31.6 Å². The van der Waals surface area contributed by atoms with Gasteiger partial charge in [-0.05, 0) is 24.3 Å². The lowest BCUT2D eigenvalue weighted by molar-refractivity contribution is 0.0600. The smallest absolute Gasteiger partial charge is 0.338 e. The molecule has 0 atom stereocenters. The van der Waals surface area contributed by atoms with Crippen LogP contribution in [0.1, 0.15) is 10.4 Å². The molecule has 0 aliphatic carbocycles. The number of esters is 1. The molecule has 2 rings (SSSR count). The zero-order valence-corrected chi connectivity index (χ0v) is 13.9. The number of aromatic hydroxyl groups is 1. The van der Waals surface area contributed by atoms with E-state index in [0.29, 0.717) is 0 Å². The fraction of sp³-hybridized carbons (Fsp3) is 0.0769. The maximum absolute atomic E-state index is 12.3. The monoisotopic (exact) mass is 376 g/mol. The van der Waals surface area contributed by atoms with Crippen molar-refractivity contribution in [2.45, 2.75) is 4.90 Å². The number of methoxy groups -OCH3 is 1. The van der Waals surface area contributed by atoms with Crippen molar-refractivity contribution in [1.29, 1.82) is 0 Å². The van der Waals surface area contributed by atoms with Crippen molar-refractivity contribution in [2.75, 3.05) is 11.8 Å². The molecule has 2 N–H and O–H groups in total. The number of hydrogen-bond acceptors (Lipinski definition) is 6. The summed E-state index contributed by atoms with van der Waals surface area (Å²) in [6.07, 6.45) is 1.23. The first-order valence-corrected chi connectivity index (χ1v) is 8.23. The van der Waals surface area contributed by atoms with Gasteiger partial charge in [-0.25, -0.2) is 18.2 Å². The summed E-state index contributed by atoms with van der Waals surface area (Å²) in [7, 11) is -3.03. The number of carbonyl (C=O) groups is 1. The maximum Gasteiger partial charge on any atom is 0.338 e. The second kappa shape index (κ2) is 6.61. The molecule has 1 aromatic heterocycles. The zero-order chi connectivity index (χ0) is 17.2. The van der Waals surface area contributed by atoms with E-state index < -0.39 is 26.6 Å². The molecule has 0 fully saturated rings. The van der Waals surface area contributed by atoms with E-state index in [4.69, 9.17) is 23.2 Å². The van der Waals surface area contributed by atoms with E-state index in [0.717, 1.165) is 6.07 Å². The van der Waals surface area contributed by atoms with Crippen molar-refractivity contribution in [3.8, 4) is 5.75 Å². The topological polar surface area (TPSA) is 106 Å². The largest absolute Gasteiger partial charge is 0.505 e. The number of benzene rings is 1. The van der Waals surface area contributed by atoms with E-state index in [1.807, 2.05) is 0 Å². The normalized spacial score (nSPS) is 11.1. The summed E-state index contributed by atoms with van der Waals surface area (Å²) in [5.41, 5.74) is 0.105. The molecule has 0 radical (unpaired) electrons. The predicted octanol–water partition coefficient (Wildman–Crippen LogP) is 2.68. The van der Waals surface area contributed by atoms with Crippen LogP contribution in [0.5, 0.6) is 5.75 Å². The highest BCUT2D eigenvalue weighted by atomic mass is 35.5. The van der Waals surface area contributed by atoms with E-state index in [-0.39, 0.29) is 21.4 Å². The second-order valence-corrected chi connectivity index (χ2v) is 6.76. The van der Waals surface area contributed by atoms with E-state index in [2.05, 4.69) is 14.4 Å². The minimum atomic E-state index is -4.22. The molecule has 0 saturated carbocycles. The lowest BCUT2D eigenvalue weighted by Crippen LogP contribution is -2.15. The molecule has 122 valence electrons. The molecule has 1 aromatic carbocycles. The van der Waals surface area contributed by atoms with Gasteiger partial charge in [0.15, 0.2) is 5.75 Å². The minimum Gasteiger partial charge on any atom is -0.505 e. The molecule has 0 amide bonds. The quantitative estimate of drug-likeness (QED) is 0.794. The zero-order valence-electron chi connectivity index (χ0n) is 11.6. The number of nitrogens with zero attached hydrogens (tertiary/aromatic N) is 1. The summed E-state index contributed by atoms with van der Waals surface area (Å²) in [4.78, 5) is 14.7. The molecule has 0 aliphatic rings. The van der Waals surface area contributed by atoms with Crippen molar-refractivity contribution >= 4 is 45.0 Å². The fourth-order valence-electron chi connectivity index (χ4n) is 1.67. The molecule has 0 saturated heterocycles. The van der Waals surface area contributed by atoms with Crippen LogP contribution in [0, 0.1) is 0 Å². The van der Waals surface area contributed by atoms with E-state index in [1.54, 1.807) is 0 Å². The van der Waals surface area contributed by atoms with Crippen LogP contribution in [-0.2, 0) is 14.8 Å². The van der Waals surface area contributed by atoms with Gasteiger partial charge in [0.1, 0.15) is 10.7 Å². The third-order valence-corrected chi connectivity index (χ3v) is 4.58. The van der Waals surface area contributed by atoms with E-state index in [9.17, 15) is 18.3 Å². The van der Waals surface area contributed by atoms with Gasteiger partial charge in [0.05, 0.1) is 17.7 Å². The van der Waals surface area contributed by atoms with Gasteiger partial charge in [-0.3, -0.25) is 4.72 Å².